The van der Waals surface area contributed by atoms with Gasteiger partial charge in [0.25, 0.3) is 5.56 Å². The van der Waals surface area contributed by atoms with Gasteiger partial charge in [-0.2, -0.15) is 0 Å². The molecule has 3 saturated carbocycles. The van der Waals surface area contributed by atoms with Gasteiger partial charge >= 0.3 is 0 Å². The van der Waals surface area contributed by atoms with Crippen molar-refractivity contribution in [2.75, 3.05) is 0 Å². The summed E-state index contributed by atoms with van der Waals surface area (Å²) in [7, 11) is 0. The van der Waals surface area contributed by atoms with Crippen molar-refractivity contribution in [3.05, 3.63) is 21.6 Å². The van der Waals surface area contributed by atoms with Crippen LogP contribution in [0, 0.1) is 34.5 Å². The molecule has 0 spiro atoms. The predicted molar refractivity (Wildman–Crippen MR) is 97.3 cm³/mol. The van der Waals surface area contributed by atoms with Crippen LogP contribution in [0.5, 0.6) is 0 Å². The van der Waals surface area contributed by atoms with Crippen molar-refractivity contribution in [3.63, 3.8) is 0 Å². The van der Waals surface area contributed by atoms with E-state index in [1.54, 1.807) is 0 Å². The molecule has 138 valence electrons. The Morgan fingerprint density at radius 2 is 1.76 bits per heavy atom. The zero-order valence-corrected chi connectivity index (χ0v) is 15.8. The van der Waals surface area contributed by atoms with E-state index in [9.17, 15) is 9.90 Å². The van der Waals surface area contributed by atoms with Crippen LogP contribution >= 0.6 is 0 Å². The van der Waals surface area contributed by atoms with Crippen molar-refractivity contribution in [2.24, 2.45) is 34.5 Å². The molecular formula is C21H32N2O2. The van der Waals surface area contributed by atoms with Crippen LogP contribution in [0.4, 0.5) is 0 Å². The number of rotatable bonds is 0. The van der Waals surface area contributed by atoms with E-state index < -0.39 is 5.60 Å². The molecule has 4 nitrogen and oxygen atoms in total. The molecule has 0 radical (unpaired) electrons. The van der Waals surface area contributed by atoms with E-state index in [0.29, 0.717) is 17.8 Å². The Kier molecular flexibility index (Phi) is 3.12. The highest BCUT2D eigenvalue weighted by molar-refractivity contribution is 5.26. The lowest BCUT2D eigenvalue weighted by Crippen LogP contribution is -2.56. The number of hydrogen-bond donors (Lipinski definition) is 3. The van der Waals surface area contributed by atoms with E-state index in [2.05, 4.69) is 31.0 Å². The molecule has 0 bridgehead atoms. The van der Waals surface area contributed by atoms with Gasteiger partial charge in [0.1, 0.15) is 0 Å². The Bertz CT molecular complexity index is 762. The Hall–Kier alpha value is -1.03. The van der Waals surface area contributed by atoms with Crippen molar-refractivity contribution in [1.82, 2.24) is 10.2 Å². The van der Waals surface area contributed by atoms with E-state index in [1.807, 2.05) is 0 Å². The molecule has 4 aliphatic rings. The maximum absolute atomic E-state index is 12.2. The number of hydrogen-bond acceptors (Lipinski definition) is 2. The summed E-state index contributed by atoms with van der Waals surface area (Å²) in [5.74, 6) is 2.79. The summed E-state index contributed by atoms with van der Waals surface area (Å²) in [6.45, 7) is 6.90. The van der Waals surface area contributed by atoms with Crippen LogP contribution < -0.4 is 5.56 Å². The van der Waals surface area contributed by atoms with Gasteiger partial charge in [0.15, 0.2) is 0 Å². The molecule has 3 N–H and O–H groups in total. The highest BCUT2D eigenvalue weighted by atomic mass is 16.3. The minimum absolute atomic E-state index is 0.0861. The van der Waals surface area contributed by atoms with Gasteiger partial charge in [-0.05, 0) is 92.8 Å². The van der Waals surface area contributed by atoms with Gasteiger partial charge < -0.3 is 10.2 Å². The molecule has 0 unspecified atom stereocenters. The van der Waals surface area contributed by atoms with Crippen LogP contribution in [-0.2, 0) is 12.8 Å². The first kappa shape index (κ1) is 16.2. The number of fused-ring (bicyclic) bond motifs is 6. The van der Waals surface area contributed by atoms with Crippen LogP contribution in [-0.4, -0.2) is 20.9 Å². The Morgan fingerprint density at radius 3 is 2.56 bits per heavy atom. The first-order valence-corrected chi connectivity index (χ1v) is 10.3. The fourth-order valence-electron chi connectivity index (χ4n) is 7.80. The summed E-state index contributed by atoms with van der Waals surface area (Å²) in [5, 5.41) is 17.0. The van der Waals surface area contributed by atoms with Crippen molar-refractivity contribution >= 4 is 0 Å². The number of aliphatic hydroxyl groups is 1. The van der Waals surface area contributed by atoms with Gasteiger partial charge in [0, 0.05) is 11.3 Å². The molecule has 0 amide bonds. The lowest BCUT2D eigenvalue weighted by Gasteiger charge is -2.60. The third-order valence-electron chi connectivity index (χ3n) is 9.60. The summed E-state index contributed by atoms with van der Waals surface area (Å²) in [6.07, 6.45) is 9.06. The van der Waals surface area contributed by atoms with Crippen LogP contribution in [0.2, 0.25) is 0 Å². The second-order valence-corrected chi connectivity index (χ2v) is 10.3. The summed E-state index contributed by atoms with van der Waals surface area (Å²) < 4.78 is 0. The molecule has 3 fully saturated rings. The van der Waals surface area contributed by atoms with E-state index in [1.165, 1.54) is 25.7 Å². The van der Waals surface area contributed by atoms with Gasteiger partial charge in [-0.25, -0.2) is 0 Å². The molecule has 0 aromatic carbocycles. The van der Waals surface area contributed by atoms with Crippen molar-refractivity contribution in [3.8, 4) is 0 Å². The van der Waals surface area contributed by atoms with E-state index in [-0.39, 0.29) is 16.4 Å². The Balaban J connectivity index is 1.52. The summed E-state index contributed by atoms with van der Waals surface area (Å²) in [6, 6.07) is 0. The van der Waals surface area contributed by atoms with E-state index >= 15 is 0 Å². The maximum atomic E-state index is 12.2. The third kappa shape index (κ3) is 1.90. The molecule has 4 aliphatic carbocycles. The van der Waals surface area contributed by atoms with Crippen LogP contribution in [0.3, 0.4) is 0 Å². The maximum Gasteiger partial charge on any atom is 0.267 e. The second kappa shape index (κ2) is 4.82. The minimum atomic E-state index is -0.502. The van der Waals surface area contributed by atoms with Crippen LogP contribution in [0.25, 0.3) is 0 Å². The third-order valence-corrected chi connectivity index (χ3v) is 9.60. The van der Waals surface area contributed by atoms with Crippen molar-refractivity contribution in [2.45, 2.75) is 77.7 Å². The number of H-pyrrole nitrogens is 2. The summed E-state index contributed by atoms with van der Waals surface area (Å²) >= 11 is 0. The Morgan fingerprint density at radius 1 is 1.00 bits per heavy atom. The zero-order chi connectivity index (χ0) is 17.6. The van der Waals surface area contributed by atoms with Crippen LogP contribution in [0.1, 0.15) is 70.6 Å². The zero-order valence-electron chi connectivity index (χ0n) is 15.8. The average molecular weight is 344 g/mol. The smallest absolute Gasteiger partial charge is 0.267 e. The molecule has 0 aliphatic heterocycles. The average Bonchev–Trinajstić information content (AvgIpc) is 3.02. The van der Waals surface area contributed by atoms with Gasteiger partial charge in [-0.1, -0.05) is 13.8 Å². The predicted octanol–water partition coefficient (Wildman–Crippen LogP) is 3.41. The number of nitrogens with one attached hydrogen (secondary N) is 2. The highest BCUT2D eigenvalue weighted by Gasteiger charge is 2.63. The summed E-state index contributed by atoms with van der Waals surface area (Å²) in [4.78, 5) is 12.2. The van der Waals surface area contributed by atoms with Gasteiger partial charge in [-0.15, -0.1) is 0 Å². The quantitative estimate of drug-likeness (QED) is 0.675. The molecule has 1 aromatic heterocycles. The molecular weight excluding hydrogens is 312 g/mol. The largest absolute Gasteiger partial charge is 0.390 e. The molecule has 1 aromatic rings. The molecule has 4 heteroatoms. The first-order chi connectivity index (χ1) is 11.8. The van der Waals surface area contributed by atoms with Gasteiger partial charge in [0.05, 0.1) is 5.60 Å². The summed E-state index contributed by atoms with van der Waals surface area (Å²) in [5.41, 5.74) is 2.12. The van der Waals surface area contributed by atoms with Crippen molar-refractivity contribution in [1.29, 1.82) is 0 Å². The molecule has 25 heavy (non-hydrogen) atoms. The van der Waals surface area contributed by atoms with Crippen LogP contribution in [0.15, 0.2) is 4.79 Å². The molecule has 7 atom stereocenters. The topological polar surface area (TPSA) is 68.9 Å². The lowest BCUT2D eigenvalue weighted by molar-refractivity contribution is -0.139. The standard InChI is InChI=1S/C21H32N2O2/c1-19-11-14-17(22-23-18(14)24)10-12(19)4-5-13-15(19)6-8-20(2)16(13)7-9-21(20,3)25/h12-13,15-16,25H,4-11H2,1-3H3,(H2,22,23,24)/t12-,13+,15-,16-,19-,20-,21-/m1/s1. The van der Waals surface area contributed by atoms with Crippen molar-refractivity contribution < 1.29 is 5.11 Å². The fourth-order valence-corrected chi connectivity index (χ4v) is 7.80. The van der Waals surface area contributed by atoms with E-state index in [4.69, 9.17) is 0 Å². The lowest BCUT2D eigenvalue weighted by atomic mass is 9.44. The number of aromatic nitrogens is 2. The van der Waals surface area contributed by atoms with Gasteiger partial charge in [0.2, 0.25) is 0 Å². The Labute approximate surface area is 149 Å². The molecule has 0 saturated heterocycles. The SMILES string of the molecule is C[C@@]12Cc3c([nH][nH]c3=O)C[C@H]1CC[C@H]1[C@H]2CC[C@]2(C)[C@@H]1CC[C@@]2(C)O. The molecule has 1 heterocycles. The van der Waals surface area contributed by atoms with Gasteiger partial charge in [-0.3, -0.25) is 9.89 Å². The monoisotopic (exact) mass is 344 g/mol. The fraction of sp³-hybridized carbons (Fsp3) is 0.857. The number of aromatic amines is 2. The second-order valence-electron chi connectivity index (χ2n) is 10.3. The highest BCUT2D eigenvalue weighted by Crippen LogP contribution is 2.67. The molecule has 5 rings (SSSR count). The van der Waals surface area contributed by atoms with E-state index in [0.717, 1.165) is 42.9 Å². The first-order valence-electron chi connectivity index (χ1n) is 10.3. The normalized spacial score (nSPS) is 51.4. The minimum Gasteiger partial charge on any atom is -0.390 e.